The molecule has 0 saturated carbocycles. The highest BCUT2D eigenvalue weighted by atomic mass is 32.1. The van der Waals surface area contributed by atoms with Crippen molar-refractivity contribution in [2.75, 3.05) is 11.1 Å². The number of aromatic nitrogens is 2. The number of thiazole rings is 1. The molecule has 0 radical (unpaired) electrons. The van der Waals surface area contributed by atoms with Crippen LogP contribution in [0, 0.1) is 0 Å². The van der Waals surface area contributed by atoms with E-state index in [1.165, 1.54) is 4.88 Å². The molecular weight excluding hydrogens is 220 g/mol. The highest BCUT2D eigenvalue weighted by Crippen LogP contribution is 2.18. The fourth-order valence-corrected chi connectivity index (χ4v) is 2.13. The summed E-state index contributed by atoms with van der Waals surface area (Å²) in [6, 6.07) is 3.77. The van der Waals surface area contributed by atoms with E-state index in [1.54, 1.807) is 17.5 Å². The summed E-state index contributed by atoms with van der Waals surface area (Å²) in [6.07, 6.45) is 4.64. The van der Waals surface area contributed by atoms with Gasteiger partial charge in [0.25, 0.3) is 0 Å². The van der Waals surface area contributed by atoms with Crippen LogP contribution in [0.5, 0.6) is 0 Å². The average Bonchev–Trinajstić information content (AvgIpc) is 2.76. The molecule has 0 aliphatic heterocycles. The van der Waals surface area contributed by atoms with E-state index < -0.39 is 0 Å². The molecule has 84 valence electrons. The van der Waals surface area contributed by atoms with Gasteiger partial charge in [-0.1, -0.05) is 6.92 Å². The Labute approximate surface area is 98.6 Å². The van der Waals surface area contributed by atoms with Crippen molar-refractivity contribution in [1.29, 1.82) is 0 Å². The van der Waals surface area contributed by atoms with Crippen LogP contribution in [0.1, 0.15) is 16.8 Å². The van der Waals surface area contributed by atoms with E-state index in [-0.39, 0.29) is 0 Å². The Balaban J connectivity index is 1.99. The number of nitrogens with two attached hydrogens (primary N) is 1. The van der Waals surface area contributed by atoms with E-state index in [2.05, 4.69) is 22.2 Å². The Kier molecular flexibility index (Phi) is 3.36. The van der Waals surface area contributed by atoms with Crippen LogP contribution in [-0.4, -0.2) is 9.97 Å². The third-order valence-electron chi connectivity index (χ3n) is 2.22. The molecule has 0 aliphatic rings. The fraction of sp³-hybridized carbons (Fsp3) is 0.273. The van der Waals surface area contributed by atoms with Gasteiger partial charge in [0.15, 0.2) is 0 Å². The van der Waals surface area contributed by atoms with Crippen molar-refractivity contribution in [3.63, 3.8) is 0 Å². The highest BCUT2D eigenvalue weighted by molar-refractivity contribution is 7.11. The zero-order valence-electron chi connectivity index (χ0n) is 9.10. The van der Waals surface area contributed by atoms with Crippen molar-refractivity contribution >= 4 is 22.8 Å². The first-order chi connectivity index (χ1) is 7.79. The average molecular weight is 234 g/mol. The highest BCUT2D eigenvalue weighted by Gasteiger charge is 2.02. The normalized spacial score (nSPS) is 10.3. The lowest BCUT2D eigenvalue weighted by Crippen LogP contribution is -2.02. The number of anilines is 2. The van der Waals surface area contributed by atoms with Crippen molar-refractivity contribution in [3.8, 4) is 0 Å². The predicted molar refractivity (Wildman–Crippen MR) is 67.5 cm³/mol. The van der Waals surface area contributed by atoms with Crippen LogP contribution in [-0.2, 0) is 13.0 Å². The van der Waals surface area contributed by atoms with Gasteiger partial charge in [-0.05, 0) is 18.6 Å². The number of hydrogen-bond donors (Lipinski definition) is 2. The molecule has 2 aromatic rings. The van der Waals surface area contributed by atoms with Gasteiger partial charge >= 0.3 is 0 Å². The Bertz CT molecular complexity index is 467. The summed E-state index contributed by atoms with van der Waals surface area (Å²) in [5.41, 5.74) is 6.58. The summed E-state index contributed by atoms with van der Waals surface area (Å²) in [5, 5.41) is 4.30. The maximum absolute atomic E-state index is 5.73. The summed E-state index contributed by atoms with van der Waals surface area (Å²) in [6.45, 7) is 2.82. The van der Waals surface area contributed by atoms with Gasteiger partial charge in [0.1, 0.15) is 10.8 Å². The first-order valence-corrected chi connectivity index (χ1v) is 5.99. The minimum Gasteiger partial charge on any atom is -0.382 e. The predicted octanol–water partition coefficient (Wildman–Crippen LogP) is 2.29. The summed E-state index contributed by atoms with van der Waals surface area (Å²) in [4.78, 5) is 9.64. The zero-order valence-corrected chi connectivity index (χ0v) is 9.92. The Morgan fingerprint density at radius 2 is 2.31 bits per heavy atom. The lowest BCUT2D eigenvalue weighted by molar-refractivity contribution is 1.09. The molecule has 2 aromatic heterocycles. The molecule has 0 aliphatic carbocycles. The molecular formula is C11H14N4S. The molecule has 0 amide bonds. The molecule has 2 heterocycles. The smallest absolute Gasteiger partial charge is 0.146 e. The second-order valence-electron chi connectivity index (χ2n) is 3.36. The van der Waals surface area contributed by atoms with Gasteiger partial charge in [-0.2, -0.15) is 0 Å². The van der Waals surface area contributed by atoms with E-state index >= 15 is 0 Å². The van der Waals surface area contributed by atoms with Crippen LogP contribution in [0.15, 0.2) is 24.5 Å². The van der Waals surface area contributed by atoms with Gasteiger partial charge in [-0.3, -0.25) is 0 Å². The summed E-state index contributed by atoms with van der Waals surface area (Å²) >= 11 is 1.72. The van der Waals surface area contributed by atoms with Gasteiger partial charge in [-0.25, -0.2) is 9.97 Å². The number of hydrogen-bond acceptors (Lipinski definition) is 5. The minimum absolute atomic E-state index is 0.523. The van der Waals surface area contributed by atoms with E-state index in [1.807, 2.05) is 18.3 Å². The topological polar surface area (TPSA) is 63.8 Å². The molecule has 0 bridgehead atoms. The number of aryl methyl sites for hydroxylation is 1. The van der Waals surface area contributed by atoms with Crippen molar-refractivity contribution in [2.45, 2.75) is 19.9 Å². The van der Waals surface area contributed by atoms with E-state index in [9.17, 15) is 0 Å². The van der Waals surface area contributed by atoms with E-state index in [0.29, 0.717) is 12.4 Å². The van der Waals surface area contributed by atoms with Crippen molar-refractivity contribution in [1.82, 2.24) is 9.97 Å². The van der Waals surface area contributed by atoms with Gasteiger partial charge < -0.3 is 11.1 Å². The molecule has 0 aromatic carbocycles. The maximum atomic E-state index is 5.73. The van der Waals surface area contributed by atoms with Crippen LogP contribution < -0.4 is 11.1 Å². The fourth-order valence-electron chi connectivity index (χ4n) is 1.33. The number of nitrogens with zero attached hydrogens (tertiary/aromatic N) is 2. The quantitative estimate of drug-likeness (QED) is 0.852. The van der Waals surface area contributed by atoms with Crippen molar-refractivity contribution in [3.05, 3.63) is 34.4 Å². The largest absolute Gasteiger partial charge is 0.382 e. The molecule has 2 rings (SSSR count). The maximum Gasteiger partial charge on any atom is 0.146 e. The number of nitrogen functional groups attached to an aromatic ring is 1. The molecule has 0 atom stereocenters. The van der Waals surface area contributed by atoms with E-state index in [0.717, 1.165) is 17.1 Å². The van der Waals surface area contributed by atoms with Crippen LogP contribution in [0.4, 0.5) is 11.5 Å². The number of rotatable bonds is 4. The Morgan fingerprint density at radius 1 is 1.44 bits per heavy atom. The zero-order chi connectivity index (χ0) is 11.4. The second-order valence-corrected chi connectivity index (χ2v) is 4.56. The molecule has 0 saturated heterocycles. The van der Waals surface area contributed by atoms with Crippen LogP contribution in [0.2, 0.25) is 0 Å². The van der Waals surface area contributed by atoms with Gasteiger partial charge in [0.05, 0.1) is 12.2 Å². The third-order valence-corrected chi connectivity index (χ3v) is 3.36. The van der Waals surface area contributed by atoms with E-state index in [4.69, 9.17) is 5.73 Å². The molecule has 0 spiro atoms. The van der Waals surface area contributed by atoms with Crippen molar-refractivity contribution in [2.24, 2.45) is 0 Å². The molecule has 0 fully saturated rings. The third kappa shape index (κ3) is 2.49. The van der Waals surface area contributed by atoms with Crippen molar-refractivity contribution < 1.29 is 0 Å². The SMILES string of the molecule is CCc1cnc(CNc2cccnc2N)s1. The lowest BCUT2D eigenvalue weighted by atomic mass is 10.4. The standard InChI is InChI=1S/C11H14N4S/c1-2-8-6-15-10(16-8)7-14-9-4-3-5-13-11(9)12/h3-6,14H,2,7H2,1H3,(H2,12,13). The van der Waals surface area contributed by atoms with Crippen LogP contribution >= 0.6 is 11.3 Å². The second kappa shape index (κ2) is 4.94. The van der Waals surface area contributed by atoms with Crippen LogP contribution in [0.3, 0.4) is 0 Å². The summed E-state index contributed by atoms with van der Waals surface area (Å²) in [7, 11) is 0. The number of pyridine rings is 1. The molecule has 4 nitrogen and oxygen atoms in total. The minimum atomic E-state index is 0.523. The molecule has 5 heteroatoms. The Morgan fingerprint density at radius 3 is 3.00 bits per heavy atom. The number of nitrogens with one attached hydrogen (secondary N) is 1. The van der Waals surface area contributed by atoms with Gasteiger partial charge in [0, 0.05) is 17.3 Å². The summed E-state index contributed by atoms with van der Waals surface area (Å²) in [5.74, 6) is 0.523. The van der Waals surface area contributed by atoms with Gasteiger partial charge in [0.2, 0.25) is 0 Å². The molecule has 0 unspecified atom stereocenters. The first-order valence-electron chi connectivity index (χ1n) is 5.17. The van der Waals surface area contributed by atoms with Gasteiger partial charge in [-0.15, -0.1) is 11.3 Å². The monoisotopic (exact) mass is 234 g/mol. The first kappa shape index (κ1) is 10.9. The molecule has 3 N–H and O–H groups in total. The lowest BCUT2D eigenvalue weighted by Gasteiger charge is -2.05. The Hall–Kier alpha value is -1.62. The summed E-state index contributed by atoms with van der Waals surface area (Å²) < 4.78 is 0. The van der Waals surface area contributed by atoms with Crippen LogP contribution in [0.25, 0.3) is 0 Å². The molecule has 16 heavy (non-hydrogen) atoms.